The molecule has 0 radical (unpaired) electrons. The standard InChI is InChI=1S/C50H73N7O9S/c1-11-33(4)44(55(8)48(63)36(32(2)3)31-52-49(64)50(6,7)54-40(58)22-16-13-17-26-57-41(59)23-24-42(57)60)39(65-9)30-43(61)56-27-18-21-38(56)45(66-10)34(5)46(62)53-37(47-51-25-28-67-47)29-35-19-14-12-15-20-35/h12,14-15,19-20,23-25,28,31-34,36-39,44-45H,11,13,16-18,21-22,26-27,29-30H2,1-10H3,(H,53,62)(H,54,58)/b52-31+/t33-,34+,36?,37-,38-,39+,44-,45+/m0/s1. The number of amides is 7. The minimum atomic E-state index is -1.35. The molecular weight excluding hydrogens is 875 g/mol. The van der Waals surface area contributed by atoms with Crippen LogP contribution in [0.5, 0.6) is 0 Å². The molecule has 2 aromatic rings. The van der Waals surface area contributed by atoms with Crippen molar-refractivity contribution in [2.45, 2.75) is 142 Å². The van der Waals surface area contributed by atoms with Gasteiger partial charge in [-0.1, -0.05) is 77.8 Å². The predicted molar refractivity (Wildman–Crippen MR) is 258 cm³/mol. The Kier molecular flexibility index (Phi) is 21.0. The van der Waals surface area contributed by atoms with Crippen molar-refractivity contribution in [2.24, 2.45) is 28.7 Å². The molecule has 1 aromatic heterocycles. The minimum Gasteiger partial charge on any atom is -0.379 e. The van der Waals surface area contributed by atoms with E-state index in [4.69, 9.17) is 9.47 Å². The van der Waals surface area contributed by atoms with Crippen LogP contribution in [0.2, 0.25) is 0 Å². The lowest BCUT2D eigenvalue weighted by Gasteiger charge is -2.40. The summed E-state index contributed by atoms with van der Waals surface area (Å²) in [6.45, 7) is 13.5. The molecular formula is C50H73N7O9S. The van der Waals surface area contributed by atoms with Gasteiger partial charge >= 0.3 is 0 Å². The maximum atomic E-state index is 14.4. The summed E-state index contributed by atoms with van der Waals surface area (Å²) in [4.78, 5) is 106. The average Bonchev–Trinajstić information content (AvgIpc) is 4.09. The van der Waals surface area contributed by atoms with Gasteiger partial charge in [0.2, 0.25) is 23.6 Å². The van der Waals surface area contributed by atoms with E-state index < -0.39 is 41.5 Å². The molecule has 1 fully saturated rings. The second kappa shape index (κ2) is 25.9. The molecule has 8 atom stereocenters. The zero-order chi connectivity index (χ0) is 49.4. The van der Waals surface area contributed by atoms with Crippen LogP contribution in [-0.4, -0.2) is 131 Å². The van der Waals surface area contributed by atoms with E-state index >= 15 is 0 Å². The van der Waals surface area contributed by atoms with Crippen LogP contribution in [-0.2, 0) is 49.5 Å². The number of carbonyl (C=O) groups excluding carboxylic acids is 7. The van der Waals surface area contributed by atoms with Gasteiger partial charge in [0, 0.05) is 70.7 Å². The average molecular weight is 948 g/mol. The largest absolute Gasteiger partial charge is 0.379 e. The van der Waals surface area contributed by atoms with Crippen LogP contribution in [0.1, 0.15) is 116 Å². The predicted octanol–water partition coefficient (Wildman–Crippen LogP) is 5.71. The molecule has 368 valence electrons. The first-order chi connectivity index (χ1) is 31.8. The van der Waals surface area contributed by atoms with Gasteiger partial charge in [-0.2, -0.15) is 0 Å². The van der Waals surface area contributed by atoms with Crippen LogP contribution in [0.15, 0.2) is 59.1 Å². The number of aliphatic imine (C=N–C) groups is 1. The number of nitrogens with one attached hydrogen (secondary N) is 2. The fraction of sp³-hybridized carbons (Fsp3) is 0.620. The number of imide groups is 1. The number of thiazole rings is 1. The zero-order valence-corrected chi connectivity index (χ0v) is 41.9. The smallest absolute Gasteiger partial charge is 0.270 e. The van der Waals surface area contributed by atoms with E-state index in [1.165, 1.54) is 29.7 Å². The zero-order valence-electron chi connectivity index (χ0n) is 41.1. The van der Waals surface area contributed by atoms with Crippen molar-refractivity contribution >= 4 is 58.9 Å². The van der Waals surface area contributed by atoms with Gasteiger partial charge in [0.05, 0.1) is 48.6 Å². The monoisotopic (exact) mass is 948 g/mol. The van der Waals surface area contributed by atoms with E-state index in [9.17, 15) is 33.6 Å². The molecule has 2 aliphatic heterocycles. The Balaban J connectivity index is 1.39. The van der Waals surface area contributed by atoms with Crippen molar-refractivity contribution in [3.63, 3.8) is 0 Å². The van der Waals surface area contributed by atoms with Gasteiger partial charge in [-0.25, -0.2) is 9.98 Å². The van der Waals surface area contributed by atoms with Crippen molar-refractivity contribution in [1.82, 2.24) is 30.3 Å². The van der Waals surface area contributed by atoms with Crippen LogP contribution < -0.4 is 10.6 Å². The van der Waals surface area contributed by atoms with Crippen molar-refractivity contribution in [1.29, 1.82) is 0 Å². The third kappa shape index (κ3) is 14.9. The summed E-state index contributed by atoms with van der Waals surface area (Å²) in [6.07, 6.45) is 8.76. The number of aromatic nitrogens is 1. The molecule has 0 aliphatic carbocycles. The molecule has 4 rings (SSSR count). The highest BCUT2D eigenvalue weighted by Crippen LogP contribution is 2.31. The van der Waals surface area contributed by atoms with Crippen molar-refractivity contribution in [2.75, 3.05) is 34.4 Å². The highest BCUT2D eigenvalue weighted by molar-refractivity contribution is 7.09. The van der Waals surface area contributed by atoms with Crippen molar-refractivity contribution in [3.05, 3.63) is 64.6 Å². The molecule has 17 heteroatoms. The summed E-state index contributed by atoms with van der Waals surface area (Å²) in [5.74, 6) is -4.01. The van der Waals surface area contributed by atoms with Crippen LogP contribution in [0.3, 0.4) is 0 Å². The first kappa shape index (κ1) is 54.5. The second-order valence-electron chi connectivity index (χ2n) is 18.7. The van der Waals surface area contributed by atoms with Crippen molar-refractivity contribution < 1.29 is 43.0 Å². The van der Waals surface area contributed by atoms with Crippen LogP contribution in [0.25, 0.3) is 0 Å². The van der Waals surface area contributed by atoms with Gasteiger partial charge in [0.1, 0.15) is 10.5 Å². The van der Waals surface area contributed by atoms with Crippen LogP contribution in [0.4, 0.5) is 0 Å². The molecule has 0 saturated carbocycles. The van der Waals surface area contributed by atoms with E-state index in [1.807, 2.05) is 70.3 Å². The topological polar surface area (TPSA) is 197 Å². The van der Waals surface area contributed by atoms with Gasteiger partial charge in [0.25, 0.3) is 17.7 Å². The molecule has 67 heavy (non-hydrogen) atoms. The summed E-state index contributed by atoms with van der Waals surface area (Å²) >= 11 is 1.49. The third-order valence-corrected chi connectivity index (χ3v) is 14.0. The number of benzene rings is 1. The van der Waals surface area contributed by atoms with Gasteiger partial charge in [-0.05, 0) is 63.4 Å². The lowest BCUT2D eigenvalue weighted by Crippen LogP contribution is -2.54. The Labute approximate surface area is 400 Å². The van der Waals surface area contributed by atoms with Gasteiger partial charge in [-0.3, -0.25) is 38.5 Å². The summed E-state index contributed by atoms with van der Waals surface area (Å²) in [5.41, 5.74) is -0.283. The van der Waals surface area contributed by atoms with E-state index in [0.717, 1.165) is 21.9 Å². The summed E-state index contributed by atoms with van der Waals surface area (Å²) in [7, 11) is 4.81. The molecule has 2 N–H and O–H groups in total. The number of carbonyl (C=O) groups is 7. The molecule has 16 nitrogen and oxygen atoms in total. The normalized spacial score (nSPS) is 18.5. The number of likely N-dealkylation sites (N-methyl/N-ethyl adjacent to an activating group) is 1. The van der Waals surface area contributed by atoms with Crippen LogP contribution >= 0.6 is 11.3 Å². The number of ether oxygens (including phenoxy) is 2. The first-order valence-electron chi connectivity index (χ1n) is 23.6. The Morgan fingerprint density at radius 1 is 1.00 bits per heavy atom. The fourth-order valence-electron chi connectivity index (χ4n) is 8.98. The second-order valence-corrected chi connectivity index (χ2v) is 19.6. The van der Waals surface area contributed by atoms with Crippen molar-refractivity contribution in [3.8, 4) is 0 Å². The SMILES string of the molecule is CC[C@H](C)[C@@H]([C@@H](CC(=O)N1CCC[C@H]1[C@H](OC)[C@@H](C)C(=O)N[C@@H](Cc1ccccc1)c1nccs1)OC)N(C)C(=O)C(/C=N/C(=O)C(C)(C)NC(=O)CCCCCN1C(=O)C=CC1=O)C(C)C. The van der Waals surface area contributed by atoms with Gasteiger partial charge in [0.15, 0.2) is 0 Å². The Hall–Kier alpha value is -5.13. The van der Waals surface area contributed by atoms with E-state index in [0.29, 0.717) is 45.1 Å². The van der Waals surface area contributed by atoms with Gasteiger partial charge in [-0.15, -0.1) is 11.3 Å². The van der Waals surface area contributed by atoms with E-state index in [-0.39, 0.29) is 78.7 Å². The lowest BCUT2D eigenvalue weighted by molar-refractivity contribution is -0.147. The number of rotatable bonds is 26. The number of methoxy groups -OCH3 is 2. The molecule has 1 unspecified atom stereocenters. The Bertz CT molecular complexity index is 2020. The maximum absolute atomic E-state index is 14.4. The quantitative estimate of drug-likeness (QED) is 0.0670. The maximum Gasteiger partial charge on any atom is 0.270 e. The van der Waals surface area contributed by atoms with E-state index in [1.54, 1.807) is 51.1 Å². The Morgan fingerprint density at radius 3 is 2.28 bits per heavy atom. The number of likely N-dealkylation sites (tertiary alicyclic amines) is 1. The number of nitrogens with zero attached hydrogens (tertiary/aromatic N) is 5. The molecule has 7 amide bonds. The molecule has 0 spiro atoms. The fourth-order valence-corrected chi connectivity index (χ4v) is 9.67. The Morgan fingerprint density at radius 2 is 1.69 bits per heavy atom. The minimum absolute atomic E-state index is 0.0120. The molecule has 0 bridgehead atoms. The third-order valence-electron chi connectivity index (χ3n) is 13.1. The summed E-state index contributed by atoms with van der Waals surface area (Å²) < 4.78 is 12.1. The van der Waals surface area contributed by atoms with Crippen LogP contribution in [0, 0.1) is 23.7 Å². The first-order valence-corrected chi connectivity index (χ1v) is 24.5. The highest BCUT2D eigenvalue weighted by atomic mass is 32.1. The number of hydrogen-bond acceptors (Lipinski definition) is 11. The number of hydrogen-bond donors (Lipinski definition) is 2. The number of unbranched alkanes of at least 4 members (excludes halogenated alkanes) is 2. The summed E-state index contributed by atoms with van der Waals surface area (Å²) in [6, 6.07) is 8.73. The van der Waals surface area contributed by atoms with Gasteiger partial charge < -0.3 is 29.9 Å². The molecule has 3 heterocycles. The highest BCUT2D eigenvalue weighted by Gasteiger charge is 2.43. The molecule has 1 aromatic carbocycles. The lowest BCUT2D eigenvalue weighted by atomic mass is 9.88. The molecule has 2 aliphatic rings. The molecule has 1 saturated heterocycles. The van der Waals surface area contributed by atoms with E-state index in [2.05, 4.69) is 20.6 Å². The summed E-state index contributed by atoms with van der Waals surface area (Å²) in [5, 5.41) is 8.66.